The Hall–Kier alpha value is -0.280. The van der Waals surface area contributed by atoms with Gasteiger partial charge < -0.3 is 4.74 Å². The molecule has 1 aliphatic carbocycles. The number of ether oxygens (including phenoxy) is 1. The Balaban J connectivity index is 1.94. The van der Waals surface area contributed by atoms with Crippen molar-refractivity contribution >= 4 is 22.9 Å². The monoisotopic (exact) mass is 203 g/mol. The molecule has 66 valence electrons. The molecular formula is C8H10ClNOS. The lowest BCUT2D eigenvalue weighted by atomic mass is 10.3. The first-order valence-corrected chi connectivity index (χ1v) is 5.38. The quantitative estimate of drug-likeness (QED) is 0.737. The number of thiazole rings is 1. The van der Waals surface area contributed by atoms with Crippen molar-refractivity contribution in [1.82, 2.24) is 4.98 Å². The molecule has 1 aromatic heterocycles. The summed E-state index contributed by atoms with van der Waals surface area (Å²) in [5.74, 6) is 0. The molecule has 1 saturated carbocycles. The van der Waals surface area contributed by atoms with Gasteiger partial charge >= 0.3 is 0 Å². The summed E-state index contributed by atoms with van der Waals surface area (Å²) in [7, 11) is 0. The van der Waals surface area contributed by atoms with Crippen LogP contribution in [0.1, 0.15) is 25.7 Å². The molecular weight excluding hydrogens is 194 g/mol. The maximum atomic E-state index is 5.67. The van der Waals surface area contributed by atoms with E-state index < -0.39 is 0 Å². The number of halogens is 1. The van der Waals surface area contributed by atoms with Crippen molar-refractivity contribution in [2.24, 2.45) is 0 Å². The second kappa shape index (κ2) is 3.62. The molecule has 0 radical (unpaired) electrons. The van der Waals surface area contributed by atoms with Gasteiger partial charge in [0.1, 0.15) is 11.3 Å². The van der Waals surface area contributed by atoms with Gasteiger partial charge in [0.05, 0.1) is 0 Å². The molecule has 2 nitrogen and oxygen atoms in total. The molecule has 12 heavy (non-hydrogen) atoms. The number of hydrogen-bond acceptors (Lipinski definition) is 3. The molecule has 0 aromatic carbocycles. The van der Waals surface area contributed by atoms with Crippen LogP contribution in [0.3, 0.4) is 0 Å². The van der Waals surface area contributed by atoms with Crippen molar-refractivity contribution in [1.29, 1.82) is 0 Å². The van der Waals surface area contributed by atoms with E-state index >= 15 is 0 Å². The zero-order valence-electron chi connectivity index (χ0n) is 6.62. The lowest BCUT2D eigenvalue weighted by molar-refractivity contribution is 0.209. The minimum absolute atomic E-state index is 0.382. The van der Waals surface area contributed by atoms with Crippen molar-refractivity contribution < 1.29 is 4.74 Å². The zero-order chi connectivity index (χ0) is 8.39. The van der Waals surface area contributed by atoms with E-state index in [9.17, 15) is 0 Å². The Labute approximate surface area is 80.5 Å². The molecule has 0 bridgehead atoms. The number of rotatable bonds is 2. The van der Waals surface area contributed by atoms with E-state index in [-0.39, 0.29) is 0 Å². The molecule has 1 fully saturated rings. The van der Waals surface area contributed by atoms with E-state index in [2.05, 4.69) is 4.98 Å². The summed E-state index contributed by atoms with van der Waals surface area (Å²) in [6.45, 7) is 0. The van der Waals surface area contributed by atoms with Crippen molar-refractivity contribution in [3.63, 3.8) is 0 Å². The lowest BCUT2D eigenvalue weighted by Crippen LogP contribution is -2.10. The van der Waals surface area contributed by atoms with Gasteiger partial charge in [-0.1, -0.05) is 22.9 Å². The lowest BCUT2D eigenvalue weighted by Gasteiger charge is -2.08. The Morgan fingerprint density at radius 2 is 2.25 bits per heavy atom. The van der Waals surface area contributed by atoms with E-state index in [0.717, 1.165) is 12.8 Å². The Bertz CT molecular complexity index is 257. The molecule has 0 amide bonds. The van der Waals surface area contributed by atoms with Gasteiger partial charge in [0, 0.05) is 5.38 Å². The first kappa shape index (κ1) is 8.32. The third-order valence-corrected chi connectivity index (χ3v) is 3.08. The van der Waals surface area contributed by atoms with Crippen molar-refractivity contribution in [3.05, 3.63) is 10.5 Å². The number of nitrogens with zero attached hydrogens (tertiary/aromatic N) is 1. The van der Waals surface area contributed by atoms with Gasteiger partial charge in [-0.2, -0.15) is 4.98 Å². The summed E-state index contributed by atoms with van der Waals surface area (Å²) in [4.78, 5) is 4.04. The van der Waals surface area contributed by atoms with Gasteiger partial charge in [-0.15, -0.1) is 0 Å². The van der Waals surface area contributed by atoms with Gasteiger partial charge in [-0.05, 0) is 25.7 Å². The van der Waals surface area contributed by atoms with E-state index in [1.807, 2.05) is 0 Å². The van der Waals surface area contributed by atoms with Crippen molar-refractivity contribution in [2.45, 2.75) is 31.8 Å². The highest BCUT2D eigenvalue weighted by molar-refractivity contribution is 7.11. The van der Waals surface area contributed by atoms with Crippen LogP contribution in [0, 0.1) is 0 Å². The van der Waals surface area contributed by atoms with Gasteiger partial charge in [-0.25, -0.2) is 0 Å². The molecule has 0 atom stereocenters. The zero-order valence-corrected chi connectivity index (χ0v) is 8.20. The summed E-state index contributed by atoms with van der Waals surface area (Å²) in [5.41, 5.74) is 0. The number of hydrogen-bond donors (Lipinski definition) is 0. The normalized spacial score (nSPS) is 18.4. The second-order valence-electron chi connectivity index (χ2n) is 2.96. The highest BCUT2D eigenvalue weighted by Crippen LogP contribution is 2.27. The molecule has 2 rings (SSSR count). The first-order chi connectivity index (χ1) is 5.84. The molecule has 1 heterocycles. The molecule has 1 aromatic rings. The van der Waals surface area contributed by atoms with Crippen LogP contribution in [0.4, 0.5) is 0 Å². The van der Waals surface area contributed by atoms with Gasteiger partial charge in [0.15, 0.2) is 0 Å². The number of aromatic nitrogens is 1. The Kier molecular flexibility index (Phi) is 2.51. The molecule has 4 heteroatoms. The predicted molar refractivity (Wildman–Crippen MR) is 50.0 cm³/mol. The average Bonchev–Trinajstić information content (AvgIpc) is 2.63. The van der Waals surface area contributed by atoms with Crippen LogP contribution in [0.5, 0.6) is 5.19 Å². The van der Waals surface area contributed by atoms with Crippen LogP contribution in [-0.4, -0.2) is 11.1 Å². The van der Waals surface area contributed by atoms with E-state index in [1.54, 1.807) is 5.38 Å². The summed E-state index contributed by atoms with van der Waals surface area (Å²) in [5, 5.41) is 3.05. The van der Waals surface area contributed by atoms with Gasteiger partial charge in [0.2, 0.25) is 0 Å². The minimum Gasteiger partial charge on any atom is -0.467 e. The summed E-state index contributed by atoms with van der Waals surface area (Å²) < 4.78 is 5.62. The summed E-state index contributed by atoms with van der Waals surface area (Å²) in [6, 6.07) is 0. The molecule has 0 N–H and O–H groups in total. The first-order valence-electron chi connectivity index (χ1n) is 4.12. The molecule has 0 aliphatic heterocycles. The third kappa shape index (κ3) is 1.90. The SMILES string of the molecule is Clc1csc(OC2CCCC2)n1. The van der Waals surface area contributed by atoms with Crippen molar-refractivity contribution in [2.75, 3.05) is 0 Å². The second-order valence-corrected chi connectivity index (χ2v) is 4.17. The van der Waals surface area contributed by atoms with E-state index in [4.69, 9.17) is 16.3 Å². The smallest absolute Gasteiger partial charge is 0.274 e. The average molecular weight is 204 g/mol. The predicted octanol–water partition coefficient (Wildman–Crippen LogP) is 3.12. The van der Waals surface area contributed by atoms with Crippen LogP contribution in [-0.2, 0) is 0 Å². The summed E-state index contributed by atoms with van der Waals surface area (Å²) >= 11 is 7.14. The third-order valence-electron chi connectivity index (χ3n) is 2.02. The maximum Gasteiger partial charge on any atom is 0.274 e. The molecule has 0 spiro atoms. The maximum absolute atomic E-state index is 5.67. The van der Waals surface area contributed by atoms with Crippen LogP contribution in [0.2, 0.25) is 5.15 Å². The molecule has 0 saturated heterocycles. The topological polar surface area (TPSA) is 22.1 Å². The summed E-state index contributed by atoms with van der Waals surface area (Å²) in [6.07, 6.45) is 5.27. The molecule has 1 aliphatic rings. The fourth-order valence-electron chi connectivity index (χ4n) is 1.44. The molecule has 0 unspecified atom stereocenters. The van der Waals surface area contributed by atoms with Gasteiger partial charge in [-0.3, -0.25) is 0 Å². The highest BCUT2D eigenvalue weighted by atomic mass is 35.5. The minimum atomic E-state index is 0.382. The largest absolute Gasteiger partial charge is 0.467 e. The highest BCUT2D eigenvalue weighted by Gasteiger charge is 2.17. The van der Waals surface area contributed by atoms with Crippen LogP contribution in [0.25, 0.3) is 0 Å². The fourth-order valence-corrected chi connectivity index (χ4v) is 2.30. The van der Waals surface area contributed by atoms with E-state index in [1.165, 1.54) is 24.2 Å². The Morgan fingerprint density at radius 1 is 1.50 bits per heavy atom. The standard InChI is InChI=1S/C8H10ClNOS/c9-7-5-12-8(10-7)11-6-3-1-2-4-6/h5-6H,1-4H2. The van der Waals surface area contributed by atoms with Crippen LogP contribution >= 0.6 is 22.9 Å². The van der Waals surface area contributed by atoms with E-state index in [0.29, 0.717) is 16.5 Å². The van der Waals surface area contributed by atoms with Crippen LogP contribution in [0.15, 0.2) is 5.38 Å². The van der Waals surface area contributed by atoms with Crippen LogP contribution < -0.4 is 4.74 Å². The fraction of sp³-hybridized carbons (Fsp3) is 0.625. The Morgan fingerprint density at radius 3 is 2.83 bits per heavy atom. The van der Waals surface area contributed by atoms with Crippen molar-refractivity contribution in [3.8, 4) is 5.19 Å². The van der Waals surface area contributed by atoms with Gasteiger partial charge in [0.25, 0.3) is 5.19 Å².